The summed E-state index contributed by atoms with van der Waals surface area (Å²) in [6.45, 7) is 4.81. The highest BCUT2D eigenvalue weighted by Gasteiger charge is 2.27. The predicted octanol–water partition coefficient (Wildman–Crippen LogP) is 3.53. The number of nitrogens with one attached hydrogen (secondary N) is 1. The number of nitriles is 1. The molecule has 9 heteroatoms. The van der Waals surface area contributed by atoms with E-state index in [9.17, 15) is 18.5 Å². The molecular formula is C26H25N5O3S. The first kappa shape index (κ1) is 24.1. The van der Waals surface area contributed by atoms with E-state index in [0.717, 1.165) is 18.5 Å². The number of hydrogen-bond donors (Lipinski definition) is 1. The Hall–Kier alpha value is -4.00. The lowest BCUT2D eigenvalue weighted by Crippen LogP contribution is -2.27. The molecule has 1 aliphatic rings. The number of rotatable bonds is 8. The molecule has 8 nitrogen and oxygen atoms in total. The molecule has 3 aromatic rings. The van der Waals surface area contributed by atoms with Crippen LogP contribution in [-0.2, 0) is 14.8 Å². The van der Waals surface area contributed by atoms with Crippen molar-refractivity contribution in [3.05, 3.63) is 84.6 Å². The maximum atomic E-state index is 13.1. The Bertz CT molecular complexity index is 1410. The van der Waals surface area contributed by atoms with Gasteiger partial charge >= 0.3 is 0 Å². The van der Waals surface area contributed by atoms with Gasteiger partial charge in [-0.05, 0) is 43.2 Å². The van der Waals surface area contributed by atoms with E-state index in [0.29, 0.717) is 29.9 Å². The van der Waals surface area contributed by atoms with Gasteiger partial charge in [0.2, 0.25) is 10.0 Å². The molecule has 0 unspecified atom stereocenters. The summed E-state index contributed by atoms with van der Waals surface area (Å²) in [6, 6.07) is 17.9. The zero-order valence-corrected chi connectivity index (χ0v) is 19.9. The molecule has 1 N–H and O–H groups in total. The van der Waals surface area contributed by atoms with Crippen molar-refractivity contribution in [3.63, 3.8) is 0 Å². The molecule has 0 atom stereocenters. The molecule has 2 heterocycles. The molecule has 35 heavy (non-hydrogen) atoms. The average Bonchev–Trinajstić information content (AvgIpc) is 3.57. The Morgan fingerprint density at radius 3 is 2.57 bits per heavy atom. The third-order valence-electron chi connectivity index (χ3n) is 5.65. The first-order valence-electron chi connectivity index (χ1n) is 11.2. The van der Waals surface area contributed by atoms with Crippen LogP contribution in [-0.4, -0.2) is 48.0 Å². The molecule has 2 aromatic carbocycles. The molecule has 178 valence electrons. The monoisotopic (exact) mass is 487 g/mol. The van der Waals surface area contributed by atoms with Crippen LogP contribution in [0.2, 0.25) is 0 Å². The van der Waals surface area contributed by atoms with Crippen LogP contribution in [0.1, 0.15) is 18.4 Å². The fraction of sp³-hybridized carbons (Fsp3) is 0.192. The van der Waals surface area contributed by atoms with E-state index in [1.165, 1.54) is 16.5 Å². The fourth-order valence-electron chi connectivity index (χ4n) is 3.88. The van der Waals surface area contributed by atoms with Crippen molar-refractivity contribution in [2.75, 3.05) is 19.6 Å². The van der Waals surface area contributed by atoms with E-state index in [1.807, 2.05) is 36.4 Å². The maximum absolute atomic E-state index is 13.1. The van der Waals surface area contributed by atoms with Crippen LogP contribution in [0.3, 0.4) is 0 Å². The summed E-state index contributed by atoms with van der Waals surface area (Å²) in [5.41, 5.74) is 2.21. The minimum absolute atomic E-state index is 0.0958. The topological polar surface area (TPSA) is 108 Å². The van der Waals surface area contributed by atoms with Crippen LogP contribution in [0.25, 0.3) is 23.0 Å². The average molecular weight is 488 g/mol. The Kier molecular flexibility index (Phi) is 7.25. The van der Waals surface area contributed by atoms with Crippen LogP contribution in [0.4, 0.5) is 0 Å². The highest BCUT2D eigenvalue weighted by Crippen LogP contribution is 2.29. The van der Waals surface area contributed by atoms with Gasteiger partial charge in [0, 0.05) is 37.0 Å². The smallest absolute Gasteiger partial charge is 0.262 e. The summed E-state index contributed by atoms with van der Waals surface area (Å²) >= 11 is 0. The summed E-state index contributed by atoms with van der Waals surface area (Å²) in [7, 11) is -3.62. The lowest BCUT2D eigenvalue weighted by atomic mass is 10.1. The number of hydrogen-bond acceptors (Lipinski definition) is 5. The molecule has 1 saturated heterocycles. The van der Waals surface area contributed by atoms with Gasteiger partial charge in [0.05, 0.1) is 10.6 Å². The molecule has 1 aliphatic heterocycles. The first-order valence-corrected chi connectivity index (χ1v) is 12.6. The standard InChI is InChI=1S/C26H25N5O3S/c1-2-13-28-26(32)21(18-27)16-22-19-31(23-10-4-3-5-11-23)29-25(22)20-9-8-12-24(17-20)35(33,34)30-14-6-7-15-30/h2-5,8-12,16-17,19H,1,6-7,13-15H2,(H,28,32). The highest BCUT2D eigenvalue weighted by atomic mass is 32.2. The molecule has 0 saturated carbocycles. The van der Waals surface area contributed by atoms with Gasteiger partial charge in [0.25, 0.3) is 5.91 Å². The lowest BCUT2D eigenvalue weighted by molar-refractivity contribution is -0.116. The molecular weight excluding hydrogens is 462 g/mol. The van der Waals surface area contributed by atoms with Crippen molar-refractivity contribution < 1.29 is 13.2 Å². The highest BCUT2D eigenvalue weighted by molar-refractivity contribution is 7.89. The molecule has 0 bridgehead atoms. The van der Waals surface area contributed by atoms with Crippen molar-refractivity contribution in [1.29, 1.82) is 5.26 Å². The van der Waals surface area contributed by atoms with Gasteiger partial charge in [-0.15, -0.1) is 6.58 Å². The number of nitrogens with zero attached hydrogens (tertiary/aromatic N) is 4. The largest absolute Gasteiger partial charge is 0.348 e. The van der Waals surface area contributed by atoms with Crippen LogP contribution in [0.15, 0.2) is 83.9 Å². The second-order valence-electron chi connectivity index (χ2n) is 8.02. The molecule has 0 aliphatic carbocycles. The van der Waals surface area contributed by atoms with E-state index >= 15 is 0 Å². The number of carbonyl (C=O) groups excluding carboxylic acids is 1. The quantitative estimate of drug-likeness (QED) is 0.297. The number of sulfonamides is 1. The van der Waals surface area contributed by atoms with Gasteiger partial charge in [0.1, 0.15) is 17.3 Å². The minimum atomic E-state index is -3.62. The molecule has 1 aromatic heterocycles. The third kappa shape index (κ3) is 5.24. The van der Waals surface area contributed by atoms with Crippen molar-refractivity contribution in [2.45, 2.75) is 17.7 Å². The van der Waals surface area contributed by atoms with Crippen LogP contribution < -0.4 is 5.32 Å². The number of para-hydroxylation sites is 1. The van der Waals surface area contributed by atoms with Crippen molar-refractivity contribution >= 4 is 22.0 Å². The van der Waals surface area contributed by atoms with E-state index in [1.54, 1.807) is 35.1 Å². The fourth-order valence-corrected chi connectivity index (χ4v) is 5.44. The van der Waals surface area contributed by atoms with Gasteiger partial charge in [0.15, 0.2) is 0 Å². The summed E-state index contributed by atoms with van der Waals surface area (Å²) in [6.07, 6.45) is 6.39. The van der Waals surface area contributed by atoms with E-state index < -0.39 is 15.9 Å². The van der Waals surface area contributed by atoms with Crippen LogP contribution in [0.5, 0.6) is 0 Å². The number of carbonyl (C=O) groups is 1. The zero-order valence-electron chi connectivity index (χ0n) is 19.1. The number of amides is 1. The normalized spacial score (nSPS) is 14.4. The van der Waals surface area contributed by atoms with Gasteiger partial charge < -0.3 is 5.32 Å². The minimum Gasteiger partial charge on any atom is -0.348 e. The van der Waals surface area contributed by atoms with Crippen LogP contribution >= 0.6 is 0 Å². The summed E-state index contributed by atoms with van der Waals surface area (Å²) in [5.74, 6) is -0.531. The van der Waals surface area contributed by atoms with E-state index in [2.05, 4.69) is 17.0 Å². The first-order chi connectivity index (χ1) is 16.9. The summed E-state index contributed by atoms with van der Waals surface area (Å²) in [4.78, 5) is 12.6. The Morgan fingerprint density at radius 1 is 1.14 bits per heavy atom. The van der Waals surface area contributed by atoms with Crippen molar-refractivity contribution in [1.82, 2.24) is 19.4 Å². The second-order valence-corrected chi connectivity index (χ2v) is 9.96. The van der Waals surface area contributed by atoms with E-state index in [4.69, 9.17) is 0 Å². The summed E-state index contributed by atoms with van der Waals surface area (Å²) in [5, 5.41) is 16.9. The van der Waals surface area contributed by atoms with Gasteiger partial charge in [-0.1, -0.05) is 36.4 Å². The van der Waals surface area contributed by atoms with Crippen molar-refractivity contribution in [2.24, 2.45) is 0 Å². The molecule has 1 amide bonds. The zero-order chi connectivity index (χ0) is 24.8. The predicted molar refractivity (Wildman–Crippen MR) is 134 cm³/mol. The Balaban J connectivity index is 1.82. The maximum Gasteiger partial charge on any atom is 0.262 e. The van der Waals surface area contributed by atoms with Crippen LogP contribution in [0, 0.1) is 11.3 Å². The summed E-state index contributed by atoms with van der Waals surface area (Å²) < 4.78 is 29.4. The molecule has 0 spiro atoms. The number of benzene rings is 2. The molecule has 0 radical (unpaired) electrons. The van der Waals surface area contributed by atoms with Gasteiger partial charge in [-0.2, -0.15) is 14.7 Å². The number of aromatic nitrogens is 2. The van der Waals surface area contributed by atoms with Gasteiger partial charge in [-0.3, -0.25) is 4.79 Å². The Morgan fingerprint density at radius 2 is 1.89 bits per heavy atom. The molecule has 4 rings (SSSR count). The Labute approximate surface area is 204 Å². The molecule has 1 fully saturated rings. The van der Waals surface area contributed by atoms with Gasteiger partial charge in [-0.25, -0.2) is 13.1 Å². The third-order valence-corrected chi connectivity index (χ3v) is 7.54. The van der Waals surface area contributed by atoms with Crippen molar-refractivity contribution in [3.8, 4) is 23.0 Å². The SMILES string of the molecule is C=CCNC(=O)C(C#N)=Cc1cn(-c2ccccc2)nc1-c1cccc(S(=O)(=O)N2CCCC2)c1. The lowest BCUT2D eigenvalue weighted by Gasteiger charge is -2.16. The second kappa shape index (κ2) is 10.5. The van der Waals surface area contributed by atoms with E-state index in [-0.39, 0.29) is 17.0 Å².